The normalized spacial score (nSPS) is 19.9. The highest BCUT2D eigenvalue weighted by atomic mass is 14.3. The fraction of sp³-hybridized carbons (Fsp3) is 0.600. The van der Waals surface area contributed by atoms with Crippen molar-refractivity contribution in [2.24, 2.45) is 5.41 Å². The zero-order valence-corrected chi connectivity index (χ0v) is 20.9. The van der Waals surface area contributed by atoms with E-state index >= 15 is 0 Å². The summed E-state index contributed by atoms with van der Waals surface area (Å²) in [6.07, 6.45) is 27.7. The molecule has 0 N–H and O–H groups in total. The zero-order chi connectivity index (χ0) is 22.4. The molecule has 1 aliphatic carbocycles. The van der Waals surface area contributed by atoms with Crippen LogP contribution in [0.4, 0.5) is 0 Å². The van der Waals surface area contributed by atoms with Crippen molar-refractivity contribution >= 4 is 0 Å². The van der Waals surface area contributed by atoms with Crippen LogP contribution in [0, 0.1) is 5.41 Å². The fourth-order valence-corrected chi connectivity index (χ4v) is 4.19. The molecule has 0 amide bonds. The second kappa shape index (κ2) is 14.4. The molecular formula is C30H48. The van der Waals surface area contributed by atoms with Crippen LogP contribution in [-0.4, -0.2) is 0 Å². The molecule has 168 valence electrons. The van der Waals surface area contributed by atoms with E-state index in [2.05, 4.69) is 84.6 Å². The molecule has 0 saturated carbocycles. The lowest BCUT2D eigenvalue weighted by molar-refractivity contribution is 0.313. The van der Waals surface area contributed by atoms with Crippen molar-refractivity contribution in [1.29, 1.82) is 0 Å². The molecule has 0 fully saturated rings. The third-order valence-electron chi connectivity index (χ3n) is 6.45. The van der Waals surface area contributed by atoms with Gasteiger partial charge in [0.1, 0.15) is 0 Å². The minimum Gasteiger partial charge on any atom is -0.103 e. The predicted octanol–water partition coefficient (Wildman–Crippen LogP) is 10.2. The summed E-state index contributed by atoms with van der Waals surface area (Å²) in [7, 11) is 0. The minimum atomic E-state index is 0.316. The summed E-state index contributed by atoms with van der Waals surface area (Å²) in [6, 6.07) is 0. The van der Waals surface area contributed by atoms with Crippen molar-refractivity contribution in [3.8, 4) is 0 Å². The third-order valence-corrected chi connectivity index (χ3v) is 6.45. The average Bonchev–Trinajstić information content (AvgIpc) is 2.68. The molecule has 0 nitrogen and oxygen atoms in total. The molecular weight excluding hydrogens is 360 g/mol. The second-order valence-corrected chi connectivity index (χ2v) is 9.95. The Balaban J connectivity index is 2.43. The van der Waals surface area contributed by atoms with Gasteiger partial charge in [0.25, 0.3) is 0 Å². The van der Waals surface area contributed by atoms with E-state index in [9.17, 15) is 0 Å². The maximum Gasteiger partial charge on any atom is -0.00804 e. The molecule has 0 aromatic heterocycles. The number of rotatable bonds is 13. The van der Waals surface area contributed by atoms with Crippen LogP contribution in [0.25, 0.3) is 0 Å². The molecule has 0 bridgehead atoms. The first-order valence-corrected chi connectivity index (χ1v) is 12.2. The lowest BCUT2D eigenvalue weighted by atomic mass is 9.71. The van der Waals surface area contributed by atoms with Gasteiger partial charge >= 0.3 is 0 Å². The first kappa shape index (κ1) is 26.5. The summed E-state index contributed by atoms with van der Waals surface area (Å²) < 4.78 is 0. The highest BCUT2D eigenvalue weighted by Crippen LogP contribution is 2.41. The largest absolute Gasteiger partial charge is 0.103 e. The van der Waals surface area contributed by atoms with Gasteiger partial charge in [0.15, 0.2) is 0 Å². The first-order valence-electron chi connectivity index (χ1n) is 12.2. The maximum atomic E-state index is 4.20. The standard InChI is InChI=1S/C30H48/c1-8-30(22-12-18-28(7)16-10-14-26(4)5)23-20-29(21-24-30)19-11-17-27(6)15-9-13-25(2)3/h8,13-14,17-18,20H,1,9-12,15-16,19,21-24H2,2-7H3. The smallest absolute Gasteiger partial charge is 0.00804 e. The molecule has 1 aliphatic rings. The molecule has 0 heterocycles. The van der Waals surface area contributed by atoms with Crippen LogP contribution in [0.1, 0.15) is 112 Å². The topological polar surface area (TPSA) is 0 Å². The van der Waals surface area contributed by atoms with E-state index in [1.165, 1.54) is 92.9 Å². The van der Waals surface area contributed by atoms with E-state index in [-0.39, 0.29) is 0 Å². The molecule has 0 aromatic carbocycles. The lowest BCUT2D eigenvalue weighted by Gasteiger charge is -2.33. The summed E-state index contributed by atoms with van der Waals surface area (Å²) in [4.78, 5) is 0. The van der Waals surface area contributed by atoms with E-state index in [1.54, 1.807) is 5.57 Å². The summed E-state index contributed by atoms with van der Waals surface area (Å²) >= 11 is 0. The van der Waals surface area contributed by atoms with Gasteiger partial charge in [-0.2, -0.15) is 0 Å². The average molecular weight is 409 g/mol. The van der Waals surface area contributed by atoms with Crippen LogP contribution < -0.4 is 0 Å². The van der Waals surface area contributed by atoms with Crippen LogP contribution in [-0.2, 0) is 0 Å². The molecule has 0 saturated heterocycles. The van der Waals surface area contributed by atoms with Crippen LogP contribution in [0.3, 0.4) is 0 Å². The summed E-state index contributed by atoms with van der Waals surface area (Å²) in [5.74, 6) is 0. The van der Waals surface area contributed by atoms with Gasteiger partial charge in [0.2, 0.25) is 0 Å². The number of allylic oxidation sites excluding steroid dienone is 11. The quantitative estimate of drug-likeness (QED) is 0.266. The van der Waals surface area contributed by atoms with Gasteiger partial charge < -0.3 is 0 Å². The first-order chi connectivity index (χ1) is 14.3. The molecule has 30 heavy (non-hydrogen) atoms. The van der Waals surface area contributed by atoms with Gasteiger partial charge in [-0.25, -0.2) is 0 Å². The van der Waals surface area contributed by atoms with E-state index < -0.39 is 0 Å². The maximum absolute atomic E-state index is 4.20. The van der Waals surface area contributed by atoms with E-state index in [0.29, 0.717) is 5.41 Å². The van der Waals surface area contributed by atoms with Gasteiger partial charge in [-0.3, -0.25) is 0 Å². The van der Waals surface area contributed by atoms with E-state index in [4.69, 9.17) is 0 Å². The molecule has 1 rings (SSSR count). The Bertz CT molecular complexity index is 669. The Labute approximate surface area is 188 Å². The van der Waals surface area contributed by atoms with Crippen LogP contribution >= 0.6 is 0 Å². The summed E-state index contributed by atoms with van der Waals surface area (Å²) in [5.41, 5.74) is 7.90. The van der Waals surface area contributed by atoms with Crippen LogP contribution in [0.5, 0.6) is 0 Å². The summed E-state index contributed by atoms with van der Waals surface area (Å²) in [6.45, 7) is 17.5. The monoisotopic (exact) mass is 408 g/mol. The fourth-order valence-electron chi connectivity index (χ4n) is 4.19. The van der Waals surface area contributed by atoms with Gasteiger partial charge in [0.05, 0.1) is 0 Å². The predicted molar refractivity (Wildman–Crippen MR) is 138 cm³/mol. The van der Waals surface area contributed by atoms with Crippen molar-refractivity contribution < 1.29 is 0 Å². The van der Waals surface area contributed by atoms with E-state index in [1.807, 2.05) is 0 Å². The molecule has 0 aliphatic heterocycles. The van der Waals surface area contributed by atoms with Gasteiger partial charge in [-0.15, -0.1) is 6.58 Å². The molecule has 0 aromatic rings. The van der Waals surface area contributed by atoms with Gasteiger partial charge in [-0.05, 0) is 118 Å². The Morgan fingerprint density at radius 1 is 0.833 bits per heavy atom. The van der Waals surface area contributed by atoms with Gasteiger partial charge in [-0.1, -0.05) is 64.3 Å². The number of hydrogen-bond acceptors (Lipinski definition) is 0. The Morgan fingerprint density at radius 3 is 1.87 bits per heavy atom. The molecule has 0 spiro atoms. The van der Waals surface area contributed by atoms with Crippen molar-refractivity contribution in [3.05, 3.63) is 70.9 Å². The molecule has 0 heteroatoms. The molecule has 1 atom stereocenters. The van der Waals surface area contributed by atoms with Gasteiger partial charge in [0, 0.05) is 0 Å². The highest BCUT2D eigenvalue weighted by molar-refractivity contribution is 5.15. The Morgan fingerprint density at radius 2 is 1.40 bits per heavy atom. The molecule has 1 unspecified atom stereocenters. The van der Waals surface area contributed by atoms with Crippen LogP contribution in [0.2, 0.25) is 0 Å². The lowest BCUT2D eigenvalue weighted by Crippen LogP contribution is -2.20. The summed E-state index contributed by atoms with van der Waals surface area (Å²) in [5, 5.41) is 0. The third kappa shape index (κ3) is 11.6. The Hall–Kier alpha value is -1.56. The zero-order valence-electron chi connectivity index (χ0n) is 20.9. The van der Waals surface area contributed by atoms with Crippen molar-refractivity contribution in [2.45, 2.75) is 112 Å². The van der Waals surface area contributed by atoms with E-state index in [0.717, 1.165) is 0 Å². The van der Waals surface area contributed by atoms with Crippen molar-refractivity contribution in [3.63, 3.8) is 0 Å². The highest BCUT2D eigenvalue weighted by Gasteiger charge is 2.27. The minimum absolute atomic E-state index is 0.316. The Kier molecular flexibility index (Phi) is 12.7. The van der Waals surface area contributed by atoms with Crippen molar-refractivity contribution in [1.82, 2.24) is 0 Å². The number of hydrogen-bond donors (Lipinski definition) is 0. The SMILES string of the molecule is C=CC1(CCC=C(C)CCC=C(C)C)CC=C(CCC=C(C)CCC=C(C)C)CC1. The van der Waals surface area contributed by atoms with Crippen LogP contribution in [0.15, 0.2) is 70.9 Å². The van der Waals surface area contributed by atoms with Crippen molar-refractivity contribution in [2.75, 3.05) is 0 Å². The molecule has 0 radical (unpaired) electrons. The second-order valence-electron chi connectivity index (χ2n) is 9.95.